The van der Waals surface area contributed by atoms with E-state index in [9.17, 15) is 0 Å². The summed E-state index contributed by atoms with van der Waals surface area (Å²) in [5.41, 5.74) is 0.887. The van der Waals surface area contributed by atoms with Crippen LogP contribution in [0, 0.1) is 6.92 Å². The minimum Gasteiger partial charge on any atom is -0.395 e. The molecule has 0 saturated carbocycles. The second-order valence-electron chi connectivity index (χ2n) is 6.31. The highest BCUT2D eigenvalue weighted by Gasteiger charge is 2.20. The van der Waals surface area contributed by atoms with Crippen LogP contribution in [0.4, 0.5) is 17.0 Å². The van der Waals surface area contributed by atoms with E-state index < -0.39 is 0 Å². The fraction of sp³-hybridized carbons (Fsp3) is 0.412. The van der Waals surface area contributed by atoms with Crippen molar-refractivity contribution >= 4 is 50.2 Å². The third-order valence-corrected chi connectivity index (χ3v) is 5.54. The zero-order chi connectivity index (χ0) is 18.8. The molecule has 0 radical (unpaired) electrons. The standard InChI is InChI=1S/C17H20ClN7OS/c1-11-19-15(23-17-21-13-3-2-12(18)10-14(13)27-17)22-16(20-11)25-6-4-24(5-7-25)8-9-26/h2-3,10,26H,4-9H2,1H3,(H,19,20,21,22,23). The van der Waals surface area contributed by atoms with Crippen LogP contribution < -0.4 is 10.2 Å². The molecule has 3 heterocycles. The number of fused-ring (bicyclic) bond motifs is 1. The van der Waals surface area contributed by atoms with Crippen molar-refractivity contribution in [3.05, 3.63) is 29.0 Å². The summed E-state index contributed by atoms with van der Waals surface area (Å²) in [5, 5.41) is 13.7. The first kappa shape index (κ1) is 18.3. The predicted octanol–water partition coefficient (Wildman–Crippen LogP) is 2.30. The van der Waals surface area contributed by atoms with Gasteiger partial charge in [0.2, 0.25) is 11.9 Å². The maximum atomic E-state index is 9.07. The number of rotatable bonds is 5. The van der Waals surface area contributed by atoms with Crippen LogP contribution in [0.5, 0.6) is 0 Å². The van der Waals surface area contributed by atoms with E-state index in [1.165, 1.54) is 11.3 Å². The number of halogens is 1. The fourth-order valence-corrected chi connectivity index (χ4v) is 4.16. The largest absolute Gasteiger partial charge is 0.395 e. The second kappa shape index (κ2) is 7.89. The van der Waals surface area contributed by atoms with Gasteiger partial charge in [-0.25, -0.2) is 4.98 Å². The first-order chi connectivity index (χ1) is 13.1. The van der Waals surface area contributed by atoms with Crippen molar-refractivity contribution < 1.29 is 5.11 Å². The van der Waals surface area contributed by atoms with Gasteiger partial charge in [0, 0.05) is 37.7 Å². The summed E-state index contributed by atoms with van der Waals surface area (Å²) < 4.78 is 1.01. The van der Waals surface area contributed by atoms with Gasteiger partial charge in [0.15, 0.2) is 5.13 Å². The normalized spacial score (nSPS) is 15.4. The first-order valence-corrected chi connectivity index (χ1v) is 9.94. The molecular weight excluding hydrogens is 386 g/mol. The summed E-state index contributed by atoms with van der Waals surface area (Å²) in [6.07, 6.45) is 0. The van der Waals surface area contributed by atoms with Crippen molar-refractivity contribution in [2.24, 2.45) is 0 Å². The van der Waals surface area contributed by atoms with E-state index in [1.807, 2.05) is 25.1 Å². The Morgan fingerprint density at radius 3 is 2.74 bits per heavy atom. The molecule has 0 spiro atoms. The van der Waals surface area contributed by atoms with Gasteiger partial charge in [-0.05, 0) is 25.1 Å². The van der Waals surface area contributed by atoms with Gasteiger partial charge in [0.05, 0.1) is 16.8 Å². The Morgan fingerprint density at radius 1 is 1.15 bits per heavy atom. The van der Waals surface area contributed by atoms with Gasteiger partial charge in [0.1, 0.15) is 5.82 Å². The Balaban J connectivity index is 1.51. The maximum Gasteiger partial charge on any atom is 0.234 e. The molecule has 1 aliphatic rings. The lowest BCUT2D eigenvalue weighted by molar-refractivity contribution is 0.188. The van der Waals surface area contributed by atoms with Crippen LogP contribution in [-0.2, 0) is 0 Å². The number of anilines is 3. The lowest BCUT2D eigenvalue weighted by Crippen LogP contribution is -2.47. The van der Waals surface area contributed by atoms with Crippen molar-refractivity contribution in [3.8, 4) is 0 Å². The number of aliphatic hydroxyl groups excluding tert-OH is 1. The van der Waals surface area contributed by atoms with Crippen LogP contribution in [0.15, 0.2) is 18.2 Å². The number of aromatic nitrogens is 4. The summed E-state index contributed by atoms with van der Waals surface area (Å²) in [5.74, 6) is 1.81. The van der Waals surface area contributed by atoms with Gasteiger partial charge < -0.3 is 10.0 Å². The highest BCUT2D eigenvalue weighted by atomic mass is 35.5. The van der Waals surface area contributed by atoms with E-state index in [0.29, 0.717) is 29.3 Å². The number of hydrogen-bond donors (Lipinski definition) is 2. The minimum atomic E-state index is 0.187. The molecule has 27 heavy (non-hydrogen) atoms. The number of nitrogens with one attached hydrogen (secondary N) is 1. The van der Waals surface area contributed by atoms with E-state index in [4.69, 9.17) is 16.7 Å². The Bertz CT molecular complexity index is 942. The summed E-state index contributed by atoms with van der Waals surface area (Å²) in [7, 11) is 0. The molecule has 1 aromatic carbocycles. The molecule has 1 aliphatic heterocycles. The smallest absolute Gasteiger partial charge is 0.234 e. The van der Waals surface area contributed by atoms with Crippen LogP contribution in [0.1, 0.15) is 5.82 Å². The Labute approximate surface area is 165 Å². The Morgan fingerprint density at radius 2 is 1.96 bits per heavy atom. The average molecular weight is 406 g/mol. The van der Waals surface area contributed by atoms with E-state index in [-0.39, 0.29) is 6.61 Å². The Hall–Kier alpha value is -2.07. The van der Waals surface area contributed by atoms with Gasteiger partial charge in [-0.3, -0.25) is 10.2 Å². The monoisotopic (exact) mass is 405 g/mol. The van der Waals surface area contributed by atoms with Crippen molar-refractivity contribution in [2.75, 3.05) is 49.5 Å². The summed E-state index contributed by atoms with van der Waals surface area (Å²) >= 11 is 7.56. The number of β-amino-alcohol motifs (C(OH)–C–C–N with tert-alkyl or cyclic N) is 1. The summed E-state index contributed by atoms with van der Waals surface area (Å²) in [4.78, 5) is 22.4. The molecule has 0 aliphatic carbocycles. The lowest BCUT2D eigenvalue weighted by Gasteiger charge is -2.34. The van der Waals surface area contributed by atoms with Gasteiger partial charge in [-0.2, -0.15) is 15.0 Å². The van der Waals surface area contributed by atoms with Crippen molar-refractivity contribution in [2.45, 2.75) is 6.92 Å². The number of aliphatic hydroxyl groups is 1. The zero-order valence-corrected chi connectivity index (χ0v) is 16.5. The molecule has 1 saturated heterocycles. The fourth-order valence-electron chi connectivity index (χ4n) is 3.03. The molecular formula is C17H20ClN7OS. The van der Waals surface area contributed by atoms with E-state index >= 15 is 0 Å². The average Bonchev–Trinajstić information content (AvgIpc) is 3.03. The van der Waals surface area contributed by atoms with E-state index in [1.54, 1.807) is 0 Å². The molecule has 0 atom stereocenters. The topological polar surface area (TPSA) is 90.3 Å². The van der Waals surface area contributed by atoms with Gasteiger partial charge in [-0.15, -0.1) is 0 Å². The van der Waals surface area contributed by atoms with E-state index in [2.05, 4.69) is 35.1 Å². The number of hydrogen-bond acceptors (Lipinski definition) is 9. The molecule has 8 nitrogen and oxygen atoms in total. The third-order valence-electron chi connectivity index (χ3n) is 4.38. The molecule has 0 unspecified atom stereocenters. The molecule has 1 fully saturated rings. The van der Waals surface area contributed by atoms with Gasteiger partial charge >= 0.3 is 0 Å². The highest BCUT2D eigenvalue weighted by Crippen LogP contribution is 2.29. The number of nitrogens with zero attached hydrogens (tertiary/aromatic N) is 6. The van der Waals surface area contributed by atoms with E-state index in [0.717, 1.165) is 41.5 Å². The quantitative estimate of drug-likeness (QED) is 0.668. The van der Waals surface area contributed by atoms with Crippen molar-refractivity contribution in [1.29, 1.82) is 0 Å². The summed E-state index contributed by atoms with van der Waals surface area (Å²) in [6.45, 7) is 6.16. The number of aryl methyl sites for hydroxylation is 1. The molecule has 2 aromatic heterocycles. The lowest BCUT2D eigenvalue weighted by atomic mass is 10.3. The maximum absolute atomic E-state index is 9.07. The number of benzene rings is 1. The second-order valence-corrected chi connectivity index (χ2v) is 7.78. The van der Waals surface area contributed by atoms with Gasteiger partial charge in [-0.1, -0.05) is 22.9 Å². The van der Waals surface area contributed by atoms with Crippen LogP contribution in [0.2, 0.25) is 5.02 Å². The Kier molecular flexibility index (Phi) is 5.35. The number of piperazine rings is 1. The minimum absolute atomic E-state index is 0.187. The van der Waals surface area contributed by atoms with Crippen LogP contribution in [0.3, 0.4) is 0 Å². The molecule has 0 bridgehead atoms. The summed E-state index contributed by atoms with van der Waals surface area (Å²) in [6, 6.07) is 5.62. The predicted molar refractivity (Wildman–Crippen MR) is 108 cm³/mol. The SMILES string of the molecule is Cc1nc(Nc2nc3ccc(Cl)cc3s2)nc(N2CCN(CCO)CC2)n1. The van der Waals surface area contributed by atoms with Gasteiger partial charge in [0.25, 0.3) is 0 Å². The van der Waals surface area contributed by atoms with Crippen molar-refractivity contribution in [1.82, 2.24) is 24.8 Å². The molecule has 0 amide bonds. The zero-order valence-electron chi connectivity index (χ0n) is 14.9. The molecule has 2 N–H and O–H groups in total. The molecule has 142 valence electrons. The van der Waals surface area contributed by atoms with Crippen LogP contribution >= 0.6 is 22.9 Å². The highest BCUT2D eigenvalue weighted by molar-refractivity contribution is 7.22. The van der Waals surface area contributed by atoms with Crippen LogP contribution in [-0.4, -0.2) is 69.3 Å². The number of thiazole rings is 1. The van der Waals surface area contributed by atoms with Crippen molar-refractivity contribution in [3.63, 3.8) is 0 Å². The first-order valence-electron chi connectivity index (χ1n) is 8.75. The molecule has 10 heteroatoms. The molecule has 4 rings (SSSR count). The molecule has 3 aromatic rings. The third kappa shape index (κ3) is 4.27. The van der Waals surface area contributed by atoms with Crippen LogP contribution in [0.25, 0.3) is 10.2 Å².